The largest absolute Gasteiger partial charge is 0.306 e. The number of unbranched alkanes of at least 4 members (excludes halogenated alkanes) is 25. The van der Waals surface area contributed by atoms with Gasteiger partial charge in [0.1, 0.15) is 0 Å². The van der Waals surface area contributed by atoms with Crippen molar-refractivity contribution in [1.29, 1.82) is 0 Å². The molecule has 0 fully saturated rings. The highest BCUT2D eigenvalue weighted by molar-refractivity contribution is 4.57. The molecule has 0 bridgehead atoms. The lowest BCUT2D eigenvalue weighted by atomic mass is 10.1. The van der Waals surface area contributed by atoms with Crippen molar-refractivity contribution in [3.8, 4) is 0 Å². The molecule has 0 rings (SSSR count). The van der Waals surface area contributed by atoms with Crippen LogP contribution in [0.2, 0.25) is 0 Å². The second-order valence-corrected chi connectivity index (χ2v) is 12.8. The van der Waals surface area contributed by atoms with E-state index in [1.165, 1.54) is 206 Å². The van der Waals surface area contributed by atoms with Crippen LogP contribution in [0.4, 0.5) is 0 Å². The fraction of sp³-hybridized carbons (Fsp3) is 1.00. The van der Waals surface area contributed by atoms with Gasteiger partial charge in [-0.15, -0.1) is 0 Å². The summed E-state index contributed by atoms with van der Waals surface area (Å²) in [5.41, 5.74) is 0. The molecule has 0 spiro atoms. The quantitative estimate of drug-likeness (QED) is 0.0769. The molecule has 0 saturated carbocycles. The molecule has 230 valence electrons. The predicted octanol–water partition coefficient (Wildman–Crippen LogP) is 11.8. The van der Waals surface area contributed by atoms with Crippen LogP contribution in [-0.4, -0.2) is 50.1 Å². The predicted molar refractivity (Wildman–Crippen MR) is 176 cm³/mol. The lowest BCUT2D eigenvalue weighted by Crippen LogP contribution is -2.20. The van der Waals surface area contributed by atoms with E-state index in [1.807, 2.05) is 0 Å². The molecule has 0 amide bonds. The van der Waals surface area contributed by atoms with Crippen molar-refractivity contribution in [2.24, 2.45) is 0 Å². The summed E-state index contributed by atoms with van der Waals surface area (Å²) in [6, 6.07) is 0. The van der Waals surface area contributed by atoms with E-state index in [0.717, 1.165) is 0 Å². The summed E-state index contributed by atoms with van der Waals surface area (Å²) in [5.74, 6) is 0. The Morgan fingerprint density at radius 3 is 0.579 bits per heavy atom. The third-order valence-corrected chi connectivity index (χ3v) is 8.62. The fourth-order valence-electron chi connectivity index (χ4n) is 5.79. The maximum absolute atomic E-state index is 2.58. The van der Waals surface area contributed by atoms with Crippen LogP contribution in [0.5, 0.6) is 0 Å². The summed E-state index contributed by atoms with van der Waals surface area (Å²) >= 11 is 0. The van der Waals surface area contributed by atoms with Crippen LogP contribution in [-0.2, 0) is 0 Å². The smallest absolute Gasteiger partial charge is 0.00218 e. The molecule has 38 heavy (non-hydrogen) atoms. The van der Waals surface area contributed by atoms with Crippen molar-refractivity contribution in [3.05, 3.63) is 0 Å². The number of hydrogen-bond donors (Lipinski definition) is 0. The molecule has 0 aliphatic heterocycles. The highest BCUT2D eigenvalue weighted by Crippen LogP contribution is 2.13. The monoisotopic (exact) mass is 537 g/mol. The Morgan fingerprint density at radius 2 is 0.395 bits per heavy atom. The van der Waals surface area contributed by atoms with Gasteiger partial charge in [-0.1, -0.05) is 168 Å². The maximum atomic E-state index is 2.58. The van der Waals surface area contributed by atoms with Crippen molar-refractivity contribution < 1.29 is 0 Å². The zero-order valence-electron chi connectivity index (χ0n) is 27.5. The molecular formula is C36H76N2. The minimum absolute atomic E-state index is 1.31. The van der Waals surface area contributed by atoms with E-state index in [1.54, 1.807) is 0 Å². The Bertz CT molecular complexity index is 372. The molecule has 0 aliphatic rings. The van der Waals surface area contributed by atoms with Crippen molar-refractivity contribution in [2.45, 2.75) is 194 Å². The Labute approximate surface area is 243 Å². The summed E-state index contributed by atoms with van der Waals surface area (Å²) < 4.78 is 0. The van der Waals surface area contributed by atoms with Gasteiger partial charge >= 0.3 is 0 Å². The van der Waals surface area contributed by atoms with Gasteiger partial charge in [0.2, 0.25) is 0 Å². The third-order valence-electron chi connectivity index (χ3n) is 8.62. The summed E-state index contributed by atoms with van der Waals surface area (Å²) in [6.07, 6.45) is 40.3. The SMILES string of the molecule is CCCCCCCCCCCCN(C)CCCCCCCCCCN(C)CCCCCCCCCCCC. The first-order chi connectivity index (χ1) is 18.7. The second-order valence-electron chi connectivity index (χ2n) is 12.8. The molecule has 0 aromatic heterocycles. The molecule has 0 aromatic rings. The Balaban J connectivity index is 3.22. The van der Waals surface area contributed by atoms with Crippen LogP contribution in [0.1, 0.15) is 194 Å². The van der Waals surface area contributed by atoms with Gasteiger partial charge in [0.25, 0.3) is 0 Å². The summed E-state index contributed by atoms with van der Waals surface area (Å²) in [6.45, 7) is 9.85. The first kappa shape index (κ1) is 37.9. The Morgan fingerprint density at radius 1 is 0.237 bits per heavy atom. The van der Waals surface area contributed by atoms with Gasteiger partial charge in [-0.2, -0.15) is 0 Å². The van der Waals surface area contributed by atoms with Crippen molar-refractivity contribution >= 4 is 0 Å². The molecule has 2 heteroatoms. The van der Waals surface area contributed by atoms with E-state index in [2.05, 4.69) is 37.7 Å². The fourth-order valence-corrected chi connectivity index (χ4v) is 5.79. The van der Waals surface area contributed by atoms with E-state index in [0.29, 0.717) is 0 Å². The van der Waals surface area contributed by atoms with E-state index in [-0.39, 0.29) is 0 Å². The van der Waals surface area contributed by atoms with Gasteiger partial charge < -0.3 is 9.80 Å². The summed E-state index contributed by atoms with van der Waals surface area (Å²) in [7, 11) is 4.67. The Hall–Kier alpha value is -0.0800. The minimum Gasteiger partial charge on any atom is -0.306 e. The van der Waals surface area contributed by atoms with E-state index in [4.69, 9.17) is 0 Å². The Kier molecular flexibility index (Phi) is 33.1. The van der Waals surface area contributed by atoms with Crippen molar-refractivity contribution in [2.75, 3.05) is 40.3 Å². The molecule has 0 aromatic carbocycles. The molecule has 0 radical (unpaired) electrons. The lowest BCUT2D eigenvalue weighted by Gasteiger charge is -2.16. The molecule has 2 nitrogen and oxygen atoms in total. The highest BCUT2D eigenvalue weighted by atomic mass is 15.1. The molecule has 0 heterocycles. The van der Waals surface area contributed by atoms with Crippen LogP contribution in [0, 0.1) is 0 Å². The molecule has 0 unspecified atom stereocenters. The van der Waals surface area contributed by atoms with E-state index in [9.17, 15) is 0 Å². The minimum atomic E-state index is 1.31. The lowest BCUT2D eigenvalue weighted by molar-refractivity contribution is 0.311. The van der Waals surface area contributed by atoms with Crippen LogP contribution in [0.15, 0.2) is 0 Å². The zero-order chi connectivity index (χ0) is 27.8. The summed E-state index contributed by atoms with van der Waals surface area (Å²) in [5, 5.41) is 0. The molecule has 0 aliphatic carbocycles. The average Bonchev–Trinajstić information content (AvgIpc) is 2.91. The van der Waals surface area contributed by atoms with Gasteiger partial charge in [0, 0.05) is 0 Å². The van der Waals surface area contributed by atoms with Crippen LogP contribution >= 0.6 is 0 Å². The third kappa shape index (κ3) is 32.1. The maximum Gasteiger partial charge on any atom is -0.00218 e. The highest BCUT2D eigenvalue weighted by Gasteiger charge is 2.01. The normalized spacial score (nSPS) is 11.8. The van der Waals surface area contributed by atoms with Crippen molar-refractivity contribution in [3.63, 3.8) is 0 Å². The van der Waals surface area contributed by atoms with Gasteiger partial charge in [-0.3, -0.25) is 0 Å². The van der Waals surface area contributed by atoms with E-state index < -0.39 is 0 Å². The number of hydrogen-bond acceptors (Lipinski definition) is 2. The zero-order valence-corrected chi connectivity index (χ0v) is 27.5. The summed E-state index contributed by atoms with van der Waals surface area (Å²) in [4.78, 5) is 5.16. The molecule has 0 atom stereocenters. The first-order valence-corrected chi connectivity index (χ1v) is 18.1. The van der Waals surface area contributed by atoms with Crippen LogP contribution in [0.25, 0.3) is 0 Å². The molecular weight excluding hydrogens is 460 g/mol. The number of nitrogens with zero attached hydrogens (tertiary/aromatic N) is 2. The van der Waals surface area contributed by atoms with Crippen LogP contribution in [0.3, 0.4) is 0 Å². The van der Waals surface area contributed by atoms with Gasteiger partial charge in [0.05, 0.1) is 0 Å². The number of rotatable bonds is 33. The topological polar surface area (TPSA) is 6.48 Å². The van der Waals surface area contributed by atoms with Gasteiger partial charge in [-0.25, -0.2) is 0 Å². The standard InChI is InChI=1S/C36H76N2/c1-5-7-9-11-13-15-17-21-25-29-33-37(3)35-31-27-23-19-20-24-28-32-36-38(4)34-30-26-22-18-16-14-12-10-8-6-2/h5-36H2,1-4H3. The van der Waals surface area contributed by atoms with E-state index >= 15 is 0 Å². The van der Waals surface area contributed by atoms with Gasteiger partial charge in [0.15, 0.2) is 0 Å². The van der Waals surface area contributed by atoms with Crippen molar-refractivity contribution in [1.82, 2.24) is 9.80 Å². The molecule has 0 saturated heterocycles. The average molecular weight is 537 g/mol. The second kappa shape index (κ2) is 33.1. The molecule has 0 N–H and O–H groups in total. The van der Waals surface area contributed by atoms with Crippen LogP contribution < -0.4 is 0 Å². The first-order valence-electron chi connectivity index (χ1n) is 18.1. The van der Waals surface area contributed by atoms with Gasteiger partial charge in [-0.05, 0) is 66.0 Å².